The fourth-order valence-electron chi connectivity index (χ4n) is 2.34. The molecular weight excluding hydrogens is 251 g/mol. The van der Waals surface area contributed by atoms with Crippen LogP contribution in [0.2, 0.25) is 0 Å². The first kappa shape index (κ1) is 13.6. The van der Waals surface area contributed by atoms with Crippen LogP contribution in [0.4, 0.5) is 15.8 Å². The summed E-state index contributed by atoms with van der Waals surface area (Å²) < 4.78 is 18.5. The summed E-state index contributed by atoms with van der Waals surface area (Å²) in [5.74, 6) is -0.0415. The first-order chi connectivity index (χ1) is 9.02. The van der Waals surface area contributed by atoms with E-state index >= 15 is 0 Å². The van der Waals surface area contributed by atoms with Gasteiger partial charge in [0.2, 0.25) is 0 Å². The first-order valence-electron chi connectivity index (χ1n) is 6.29. The van der Waals surface area contributed by atoms with Crippen molar-refractivity contribution in [3.05, 3.63) is 28.1 Å². The SMILES string of the molecule is COc1cc(N2CCC(C)CC2)c([N+](=O)[O-])cc1F. The largest absolute Gasteiger partial charge is 0.494 e. The molecule has 0 spiro atoms. The van der Waals surface area contributed by atoms with Gasteiger partial charge < -0.3 is 9.64 Å². The molecule has 0 radical (unpaired) electrons. The van der Waals surface area contributed by atoms with E-state index in [1.807, 2.05) is 4.90 Å². The number of nitrogens with zero attached hydrogens (tertiary/aromatic N) is 2. The van der Waals surface area contributed by atoms with E-state index < -0.39 is 10.7 Å². The minimum atomic E-state index is -0.705. The fourth-order valence-corrected chi connectivity index (χ4v) is 2.34. The summed E-state index contributed by atoms with van der Waals surface area (Å²) in [4.78, 5) is 12.4. The number of halogens is 1. The Balaban J connectivity index is 2.39. The molecule has 5 nitrogen and oxygen atoms in total. The van der Waals surface area contributed by atoms with Gasteiger partial charge in [0.05, 0.1) is 18.1 Å². The summed E-state index contributed by atoms with van der Waals surface area (Å²) in [6.45, 7) is 3.66. The number of hydrogen-bond acceptors (Lipinski definition) is 4. The summed E-state index contributed by atoms with van der Waals surface area (Å²) in [6, 6.07) is 2.36. The monoisotopic (exact) mass is 268 g/mol. The average molecular weight is 268 g/mol. The van der Waals surface area contributed by atoms with E-state index in [2.05, 4.69) is 6.92 Å². The van der Waals surface area contributed by atoms with Gasteiger partial charge in [-0.15, -0.1) is 0 Å². The summed E-state index contributed by atoms with van der Waals surface area (Å²) in [5.41, 5.74) is 0.239. The molecule has 0 saturated carbocycles. The van der Waals surface area contributed by atoms with Crippen molar-refractivity contribution in [3.63, 3.8) is 0 Å². The van der Waals surface area contributed by atoms with Crippen LogP contribution in [-0.4, -0.2) is 25.1 Å². The third-order valence-corrected chi connectivity index (χ3v) is 3.57. The highest BCUT2D eigenvalue weighted by Crippen LogP contribution is 2.36. The lowest BCUT2D eigenvalue weighted by atomic mass is 9.98. The van der Waals surface area contributed by atoms with Gasteiger partial charge in [-0.3, -0.25) is 10.1 Å². The molecule has 0 unspecified atom stereocenters. The molecule has 6 heteroatoms. The molecule has 1 aliphatic heterocycles. The van der Waals surface area contributed by atoms with E-state index in [-0.39, 0.29) is 11.4 Å². The lowest BCUT2D eigenvalue weighted by Gasteiger charge is -2.31. The number of rotatable bonds is 3. The van der Waals surface area contributed by atoms with Crippen molar-refractivity contribution in [1.82, 2.24) is 0 Å². The lowest BCUT2D eigenvalue weighted by Crippen LogP contribution is -2.33. The second-order valence-corrected chi connectivity index (χ2v) is 4.90. The molecule has 104 valence electrons. The van der Waals surface area contributed by atoms with Crippen molar-refractivity contribution >= 4 is 11.4 Å². The number of ether oxygens (including phenoxy) is 1. The Labute approximate surface area is 111 Å². The van der Waals surface area contributed by atoms with Crippen LogP contribution in [0.1, 0.15) is 19.8 Å². The normalized spacial score (nSPS) is 16.5. The molecule has 0 N–H and O–H groups in total. The van der Waals surface area contributed by atoms with Gasteiger partial charge in [-0.1, -0.05) is 6.92 Å². The maximum atomic E-state index is 13.6. The van der Waals surface area contributed by atoms with Crippen LogP contribution in [-0.2, 0) is 0 Å². The standard InChI is InChI=1S/C13H17FN2O3/c1-9-3-5-15(6-4-9)11-8-13(19-2)10(14)7-12(11)16(17)18/h7-9H,3-6H2,1-2H3. The van der Waals surface area contributed by atoms with Crippen LogP contribution in [0.5, 0.6) is 5.75 Å². The maximum Gasteiger partial charge on any atom is 0.295 e. The molecule has 0 amide bonds. The van der Waals surface area contributed by atoms with Crippen molar-refractivity contribution in [3.8, 4) is 5.75 Å². The van der Waals surface area contributed by atoms with E-state index in [4.69, 9.17) is 4.74 Å². The topological polar surface area (TPSA) is 55.6 Å². The highest BCUT2D eigenvalue weighted by atomic mass is 19.1. The summed E-state index contributed by atoms with van der Waals surface area (Å²) in [6.07, 6.45) is 1.97. The molecule has 1 saturated heterocycles. The average Bonchev–Trinajstić information content (AvgIpc) is 2.39. The van der Waals surface area contributed by atoms with Crippen molar-refractivity contribution in [2.75, 3.05) is 25.1 Å². The Morgan fingerprint density at radius 1 is 1.42 bits per heavy atom. The van der Waals surface area contributed by atoms with Crippen molar-refractivity contribution in [2.45, 2.75) is 19.8 Å². The third kappa shape index (κ3) is 2.77. The van der Waals surface area contributed by atoms with Crippen molar-refractivity contribution in [2.24, 2.45) is 5.92 Å². The van der Waals surface area contributed by atoms with Crippen LogP contribution in [0, 0.1) is 21.8 Å². The number of hydrogen-bond donors (Lipinski definition) is 0. The number of anilines is 1. The van der Waals surface area contributed by atoms with Gasteiger partial charge in [-0.25, -0.2) is 4.39 Å². The second-order valence-electron chi connectivity index (χ2n) is 4.90. The predicted octanol–water partition coefficient (Wildman–Crippen LogP) is 2.98. The number of nitro benzene ring substituents is 1. The minimum Gasteiger partial charge on any atom is -0.494 e. The number of benzene rings is 1. The lowest BCUT2D eigenvalue weighted by molar-refractivity contribution is -0.384. The molecule has 1 aliphatic rings. The zero-order valence-electron chi connectivity index (χ0n) is 11.1. The predicted molar refractivity (Wildman–Crippen MR) is 70.2 cm³/mol. The molecule has 1 aromatic rings. The Morgan fingerprint density at radius 2 is 2.05 bits per heavy atom. The Hall–Kier alpha value is -1.85. The molecule has 1 aromatic carbocycles. The quantitative estimate of drug-likeness (QED) is 0.624. The molecule has 1 heterocycles. The molecule has 2 rings (SSSR count). The van der Waals surface area contributed by atoms with Crippen LogP contribution >= 0.6 is 0 Å². The van der Waals surface area contributed by atoms with Crippen LogP contribution < -0.4 is 9.64 Å². The summed E-state index contributed by atoms with van der Waals surface area (Å²) in [7, 11) is 1.35. The van der Waals surface area contributed by atoms with Gasteiger partial charge in [0.15, 0.2) is 11.6 Å². The molecular formula is C13H17FN2O3. The van der Waals surface area contributed by atoms with Crippen molar-refractivity contribution < 1.29 is 14.1 Å². The van der Waals surface area contributed by atoms with Crippen LogP contribution in [0.3, 0.4) is 0 Å². The fraction of sp³-hybridized carbons (Fsp3) is 0.538. The first-order valence-corrected chi connectivity index (χ1v) is 6.29. The zero-order chi connectivity index (χ0) is 14.0. The van der Waals surface area contributed by atoms with Gasteiger partial charge in [-0.2, -0.15) is 0 Å². The minimum absolute atomic E-state index is 0.0409. The van der Waals surface area contributed by atoms with Gasteiger partial charge >= 0.3 is 0 Å². The highest BCUT2D eigenvalue weighted by molar-refractivity contribution is 5.66. The van der Waals surface area contributed by atoms with E-state index in [1.165, 1.54) is 13.2 Å². The van der Waals surface area contributed by atoms with Gasteiger partial charge in [0.25, 0.3) is 5.69 Å². The van der Waals surface area contributed by atoms with E-state index in [9.17, 15) is 14.5 Å². The van der Waals surface area contributed by atoms with Gasteiger partial charge in [0, 0.05) is 19.2 Å². The Morgan fingerprint density at radius 3 is 2.58 bits per heavy atom. The molecule has 19 heavy (non-hydrogen) atoms. The Kier molecular flexibility index (Phi) is 3.87. The summed E-state index contributed by atoms with van der Waals surface area (Å²) >= 11 is 0. The van der Waals surface area contributed by atoms with E-state index in [0.29, 0.717) is 11.6 Å². The molecule has 0 aliphatic carbocycles. The Bertz CT molecular complexity index is 485. The highest BCUT2D eigenvalue weighted by Gasteiger charge is 2.25. The zero-order valence-corrected chi connectivity index (χ0v) is 11.1. The summed E-state index contributed by atoms with van der Waals surface area (Å²) in [5, 5.41) is 11.1. The molecule has 0 bridgehead atoms. The smallest absolute Gasteiger partial charge is 0.295 e. The third-order valence-electron chi connectivity index (χ3n) is 3.57. The number of nitro groups is 1. The number of methoxy groups -OCH3 is 1. The van der Waals surface area contributed by atoms with Gasteiger partial charge in [-0.05, 0) is 18.8 Å². The molecule has 1 fully saturated rings. The second kappa shape index (κ2) is 5.42. The molecule has 0 atom stereocenters. The van der Waals surface area contributed by atoms with Gasteiger partial charge in [0.1, 0.15) is 5.69 Å². The van der Waals surface area contributed by atoms with Crippen molar-refractivity contribution in [1.29, 1.82) is 0 Å². The molecule has 0 aromatic heterocycles. The van der Waals surface area contributed by atoms with Crippen LogP contribution in [0.25, 0.3) is 0 Å². The number of piperidine rings is 1. The van der Waals surface area contributed by atoms with E-state index in [1.54, 1.807) is 0 Å². The van der Waals surface area contributed by atoms with Crippen LogP contribution in [0.15, 0.2) is 12.1 Å². The van der Waals surface area contributed by atoms with E-state index in [0.717, 1.165) is 32.0 Å². The maximum absolute atomic E-state index is 13.6.